The van der Waals surface area contributed by atoms with Crippen LogP contribution in [0.5, 0.6) is 5.75 Å². The summed E-state index contributed by atoms with van der Waals surface area (Å²) in [6.07, 6.45) is 2.18. The fraction of sp³-hybridized carbons (Fsp3) is 0.467. The summed E-state index contributed by atoms with van der Waals surface area (Å²) in [4.78, 5) is 24.7. The molecule has 0 aliphatic carbocycles. The Morgan fingerprint density at radius 1 is 1.40 bits per heavy atom. The van der Waals surface area contributed by atoms with Gasteiger partial charge in [0.25, 0.3) is 0 Å². The van der Waals surface area contributed by atoms with Crippen LogP contribution in [0.15, 0.2) is 24.3 Å². The quantitative estimate of drug-likeness (QED) is 0.889. The van der Waals surface area contributed by atoms with Crippen molar-refractivity contribution in [2.75, 3.05) is 13.7 Å². The van der Waals surface area contributed by atoms with Gasteiger partial charge in [-0.05, 0) is 30.9 Å². The molecule has 1 fully saturated rings. The summed E-state index contributed by atoms with van der Waals surface area (Å²) in [5.41, 5.74) is 0.967. The largest absolute Gasteiger partial charge is 0.496 e. The second-order valence-corrected chi connectivity index (χ2v) is 4.90. The average molecular weight is 277 g/mol. The van der Waals surface area contributed by atoms with Gasteiger partial charge in [-0.25, -0.2) is 4.79 Å². The van der Waals surface area contributed by atoms with E-state index in [1.165, 1.54) is 4.90 Å². The second-order valence-electron chi connectivity index (χ2n) is 4.90. The van der Waals surface area contributed by atoms with E-state index in [4.69, 9.17) is 9.84 Å². The molecular weight excluding hydrogens is 258 g/mol. The Hall–Kier alpha value is -2.04. The minimum atomic E-state index is -0.909. The number of hydrogen-bond acceptors (Lipinski definition) is 3. The molecule has 1 heterocycles. The third-order valence-electron chi connectivity index (χ3n) is 3.66. The molecule has 1 aliphatic heterocycles. The van der Waals surface area contributed by atoms with Gasteiger partial charge in [0.1, 0.15) is 11.8 Å². The first-order valence-corrected chi connectivity index (χ1v) is 6.77. The van der Waals surface area contributed by atoms with E-state index >= 15 is 0 Å². The number of carbonyl (C=O) groups excluding carboxylic acids is 1. The molecule has 1 atom stereocenters. The number of amides is 1. The third kappa shape index (κ3) is 3.10. The van der Waals surface area contributed by atoms with Gasteiger partial charge < -0.3 is 14.7 Å². The van der Waals surface area contributed by atoms with Gasteiger partial charge in [-0.15, -0.1) is 0 Å². The Labute approximate surface area is 118 Å². The molecule has 20 heavy (non-hydrogen) atoms. The van der Waals surface area contributed by atoms with Crippen molar-refractivity contribution in [1.82, 2.24) is 4.90 Å². The summed E-state index contributed by atoms with van der Waals surface area (Å²) in [5, 5.41) is 9.09. The fourth-order valence-electron chi connectivity index (χ4n) is 2.62. The average Bonchev–Trinajstić information content (AvgIpc) is 2.94. The molecule has 1 aromatic carbocycles. The first-order valence-electron chi connectivity index (χ1n) is 6.77. The van der Waals surface area contributed by atoms with Gasteiger partial charge in [-0.1, -0.05) is 18.2 Å². The lowest BCUT2D eigenvalue weighted by atomic mass is 10.1. The van der Waals surface area contributed by atoms with Crippen LogP contribution in [-0.2, 0) is 16.0 Å². The van der Waals surface area contributed by atoms with Gasteiger partial charge in [-0.2, -0.15) is 0 Å². The highest BCUT2D eigenvalue weighted by Gasteiger charge is 2.33. The summed E-state index contributed by atoms with van der Waals surface area (Å²) in [7, 11) is 1.60. The second kappa shape index (κ2) is 6.41. The number of likely N-dealkylation sites (tertiary alicyclic amines) is 1. The Morgan fingerprint density at radius 3 is 2.85 bits per heavy atom. The van der Waals surface area contributed by atoms with Gasteiger partial charge in [0.05, 0.1) is 7.11 Å². The molecule has 1 N–H and O–H groups in total. The lowest BCUT2D eigenvalue weighted by molar-refractivity contribution is -0.148. The van der Waals surface area contributed by atoms with E-state index in [1.54, 1.807) is 7.11 Å². The van der Waals surface area contributed by atoms with Gasteiger partial charge in [0.2, 0.25) is 5.91 Å². The lowest BCUT2D eigenvalue weighted by Crippen LogP contribution is -2.40. The number of methoxy groups -OCH3 is 1. The van der Waals surface area contributed by atoms with Crippen LogP contribution in [0, 0.1) is 0 Å². The van der Waals surface area contributed by atoms with E-state index in [9.17, 15) is 9.59 Å². The topological polar surface area (TPSA) is 66.8 Å². The lowest BCUT2D eigenvalue weighted by Gasteiger charge is -2.21. The summed E-state index contributed by atoms with van der Waals surface area (Å²) in [5.74, 6) is -0.245. The summed E-state index contributed by atoms with van der Waals surface area (Å²) < 4.78 is 5.24. The molecule has 5 heteroatoms. The number of rotatable bonds is 5. The van der Waals surface area contributed by atoms with Crippen LogP contribution in [0.1, 0.15) is 24.8 Å². The highest BCUT2D eigenvalue weighted by atomic mass is 16.5. The van der Waals surface area contributed by atoms with Gasteiger partial charge in [0.15, 0.2) is 0 Å². The molecular formula is C15H19NO4. The Balaban J connectivity index is 1.97. The molecule has 2 rings (SSSR count). The van der Waals surface area contributed by atoms with Crippen molar-refractivity contribution in [3.63, 3.8) is 0 Å². The fourth-order valence-corrected chi connectivity index (χ4v) is 2.62. The molecule has 1 amide bonds. The monoisotopic (exact) mass is 277 g/mol. The Kier molecular flexibility index (Phi) is 4.61. The minimum Gasteiger partial charge on any atom is -0.496 e. The molecule has 0 spiro atoms. The number of aliphatic carboxylic acids is 1. The number of hydrogen-bond donors (Lipinski definition) is 1. The van der Waals surface area contributed by atoms with Crippen molar-refractivity contribution in [3.05, 3.63) is 29.8 Å². The van der Waals surface area contributed by atoms with Crippen LogP contribution in [0.2, 0.25) is 0 Å². The molecule has 1 aliphatic rings. The number of carboxylic acids is 1. The predicted octanol–water partition coefficient (Wildman–Crippen LogP) is 1.70. The number of aryl methyl sites for hydroxylation is 1. The number of nitrogens with zero attached hydrogens (tertiary/aromatic N) is 1. The van der Waals surface area contributed by atoms with Crippen LogP contribution in [0.4, 0.5) is 0 Å². The molecule has 1 saturated heterocycles. The predicted molar refractivity (Wildman–Crippen MR) is 73.7 cm³/mol. The van der Waals surface area contributed by atoms with E-state index in [0.29, 0.717) is 25.8 Å². The molecule has 0 unspecified atom stereocenters. The normalized spacial score (nSPS) is 18.1. The zero-order chi connectivity index (χ0) is 14.5. The Morgan fingerprint density at radius 2 is 2.15 bits per heavy atom. The maximum atomic E-state index is 12.2. The van der Waals surface area contributed by atoms with E-state index in [2.05, 4.69) is 0 Å². The number of ether oxygens (including phenoxy) is 1. The van der Waals surface area contributed by atoms with Crippen molar-refractivity contribution >= 4 is 11.9 Å². The van der Waals surface area contributed by atoms with Crippen molar-refractivity contribution in [2.45, 2.75) is 31.7 Å². The van der Waals surface area contributed by atoms with E-state index < -0.39 is 12.0 Å². The van der Waals surface area contributed by atoms with Crippen LogP contribution >= 0.6 is 0 Å². The third-order valence-corrected chi connectivity index (χ3v) is 3.66. The molecule has 0 saturated carbocycles. The maximum Gasteiger partial charge on any atom is 0.326 e. The van der Waals surface area contributed by atoms with E-state index in [-0.39, 0.29) is 5.91 Å². The van der Waals surface area contributed by atoms with Crippen LogP contribution < -0.4 is 4.74 Å². The number of carboxylic acid groups (broad SMARTS) is 1. The first-order chi connectivity index (χ1) is 9.63. The summed E-state index contributed by atoms with van der Waals surface area (Å²) >= 11 is 0. The molecule has 1 aromatic rings. The zero-order valence-electron chi connectivity index (χ0n) is 11.5. The molecule has 5 nitrogen and oxygen atoms in total. The molecule has 0 bridgehead atoms. The maximum absolute atomic E-state index is 12.2. The van der Waals surface area contributed by atoms with Gasteiger partial charge in [-0.3, -0.25) is 4.79 Å². The van der Waals surface area contributed by atoms with Gasteiger partial charge >= 0.3 is 5.97 Å². The summed E-state index contributed by atoms with van der Waals surface area (Å²) in [6, 6.07) is 6.91. The van der Waals surface area contributed by atoms with E-state index in [0.717, 1.165) is 17.7 Å². The Bertz CT molecular complexity index is 500. The minimum absolute atomic E-state index is 0.0965. The molecule has 108 valence electrons. The number of para-hydroxylation sites is 1. The van der Waals surface area contributed by atoms with Gasteiger partial charge in [0, 0.05) is 13.0 Å². The van der Waals surface area contributed by atoms with Crippen molar-refractivity contribution in [1.29, 1.82) is 0 Å². The summed E-state index contributed by atoms with van der Waals surface area (Å²) in [6.45, 7) is 0.543. The van der Waals surface area contributed by atoms with Crippen molar-refractivity contribution in [2.24, 2.45) is 0 Å². The van der Waals surface area contributed by atoms with Crippen LogP contribution in [0.3, 0.4) is 0 Å². The highest BCUT2D eigenvalue weighted by Crippen LogP contribution is 2.22. The zero-order valence-corrected chi connectivity index (χ0v) is 11.5. The smallest absolute Gasteiger partial charge is 0.326 e. The van der Waals surface area contributed by atoms with Crippen molar-refractivity contribution < 1.29 is 19.4 Å². The standard InChI is InChI=1S/C15H19NO4/c1-20-13-7-3-2-5-11(13)8-9-14(17)16-10-4-6-12(16)15(18)19/h2-3,5,7,12H,4,6,8-10H2,1H3,(H,18,19)/t12-/m0/s1. The molecule has 0 radical (unpaired) electrons. The number of benzene rings is 1. The van der Waals surface area contributed by atoms with Crippen LogP contribution in [0.25, 0.3) is 0 Å². The number of carbonyl (C=O) groups is 2. The first kappa shape index (κ1) is 14.4. The van der Waals surface area contributed by atoms with Crippen molar-refractivity contribution in [3.8, 4) is 5.75 Å². The molecule has 0 aromatic heterocycles. The SMILES string of the molecule is COc1ccccc1CCC(=O)N1CCC[C@H]1C(=O)O. The highest BCUT2D eigenvalue weighted by molar-refractivity contribution is 5.84. The van der Waals surface area contributed by atoms with Crippen LogP contribution in [-0.4, -0.2) is 41.6 Å². The van der Waals surface area contributed by atoms with E-state index in [1.807, 2.05) is 24.3 Å².